The van der Waals surface area contributed by atoms with Gasteiger partial charge in [0.05, 0.1) is 0 Å². The van der Waals surface area contributed by atoms with Gasteiger partial charge in [-0.2, -0.15) is 0 Å². The Morgan fingerprint density at radius 1 is 0.867 bits per heavy atom. The Morgan fingerprint density at radius 2 is 1.60 bits per heavy atom. The summed E-state index contributed by atoms with van der Waals surface area (Å²) < 4.78 is 5.49. The normalized spacial score (nSPS) is 38.6. The third kappa shape index (κ3) is 3.76. The number of rotatable bonds is 2. The Bertz CT molecular complexity index is 167. The summed E-state index contributed by atoms with van der Waals surface area (Å²) in [5.41, 5.74) is 0. The molecule has 1 aliphatic carbocycles. The van der Waals surface area contributed by atoms with Crippen LogP contribution in [-0.4, -0.2) is 25.3 Å². The SMILES string of the molecule is CC1CCC(NC2CCCOCC2)CC1. The van der Waals surface area contributed by atoms with Crippen molar-refractivity contribution in [2.45, 2.75) is 64.0 Å². The molecule has 0 spiro atoms. The van der Waals surface area contributed by atoms with Gasteiger partial charge in [0.2, 0.25) is 0 Å². The van der Waals surface area contributed by atoms with Crippen LogP contribution in [0.2, 0.25) is 0 Å². The van der Waals surface area contributed by atoms with Gasteiger partial charge in [0.25, 0.3) is 0 Å². The van der Waals surface area contributed by atoms with E-state index >= 15 is 0 Å². The van der Waals surface area contributed by atoms with Crippen molar-refractivity contribution in [3.05, 3.63) is 0 Å². The summed E-state index contributed by atoms with van der Waals surface area (Å²) in [4.78, 5) is 0. The van der Waals surface area contributed by atoms with Gasteiger partial charge in [-0.15, -0.1) is 0 Å². The molecular formula is C13H25NO. The zero-order valence-electron chi connectivity index (χ0n) is 10.0. The molecule has 0 aromatic rings. The van der Waals surface area contributed by atoms with Gasteiger partial charge in [-0.25, -0.2) is 0 Å². The van der Waals surface area contributed by atoms with E-state index in [1.165, 1.54) is 44.9 Å². The molecule has 0 radical (unpaired) electrons. The summed E-state index contributed by atoms with van der Waals surface area (Å²) in [6.45, 7) is 4.32. The summed E-state index contributed by atoms with van der Waals surface area (Å²) >= 11 is 0. The molecule has 1 heterocycles. The molecule has 1 saturated heterocycles. The lowest BCUT2D eigenvalue weighted by atomic mass is 9.87. The topological polar surface area (TPSA) is 21.3 Å². The van der Waals surface area contributed by atoms with E-state index in [-0.39, 0.29) is 0 Å². The molecule has 15 heavy (non-hydrogen) atoms. The van der Waals surface area contributed by atoms with Gasteiger partial charge in [0, 0.05) is 25.3 Å². The maximum absolute atomic E-state index is 5.49. The molecule has 0 bridgehead atoms. The van der Waals surface area contributed by atoms with E-state index in [4.69, 9.17) is 4.74 Å². The van der Waals surface area contributed by atoms with Crippen LogP contribution in [0.3, 0.4) is 0 Å². The Hall–Kier alpha value is -0.0800. The minimum atomic E-state index is 0.728. The minimum Gasteiger partial charge on any atom is -0.381 e. The summed E-state index contributed by atoms with van der Waals surface area (Å²) in [7, 11) is 0. The van der Waals surface area contributed by atoms with Crippen molar-refractivity contribution >= 4 is 0 Å². The first-order valence-corrected chi connectivity index (χ1v) is 6.68. The summed E-state index contributed by atoms with van der Waals surface area (Å²) in [5, 5.41) is 3.84. The molecule has 1 aliphatic heterocycles. The molecule has 2 rings (SSSR count). The van der Waals surface area contributed by atoms with E-state index in [9.17, 15) is 0 Å². The van der Waals surface area contributed by atoms with Crippen molar-refractivity contribution in [3.8, 4) is 0 Å². The first-order valence-electron chi connectivity index (χ1n) is 6.68. The lowest BCUT2D eigenvalue weighted by Gasteiger charge is -2.30. The zero-order valence-corrected chi connectivity index (χ0v) is 10.0. The maximum Gasteiger partial charge on any atom is 0.0480 e. The molecule has 0 amide bonds. The molecule has 1 atom stereocenters. The van der Waals surface area contributed by atoms with Crippen LogP contribution in [0.4, 0.5) is 0 Å². The van der Waals surface area contributed by atoms with E-state index in [0.717, 1.165) is 31.2 Å². The summed E-state index contributed by atoms with van der Waals surface area (Å²) in [6, 6.07) is 1.52. The van der Waals surface area contributed by atoms with Crippen LogP contribution < -0.4 is 5.32 Å². The van der Waals surface area contributed by atoms with Crippen LogP contribution >= 0.6 is 0 Å². The van der Waals surface area contributed by atoms with Crippen LogP contribution in [0, 0.1) is 5.92 Å². The molecule has 2 heteroatoms. The average Bonchev–Trinajstić information content (AvgIpc) is 2.50. The summed E-state index contributed by atoms with van der Waals surface area (Å²) in [5.74, 6) is 0.959. The Kier molecular flexibility index (Phi) is 4.45. The number of hydrogen-bond donors (Lipinski definition) is 1. The van der Waals surface area contributed by atoms with Crippen molar-refractivity contribution in [1.29, 1.82) is 0 Å². The predicted molar refractivity (Wildman–Crippen MR) is 63.0 cm³/mol. The van der Waals surface area contributed by atoms with Crippen LogP contribution in [0.25, 0.3) is 0 Å². The number of ether oxygens (including phenoxy) is 1. The van der Waals surface area contributed by atoms with E-state index in [0.29, 0.717) is 0 Å². The smallest absolute Gasteiger partial charge is 0.0480 e. The highest BCUT2D eigenvalue weighted by Crippen LogP contribution is 2.24. The van der Waals surface area contributed by atoms with Gasteiger partial charge in [0.15, 0.2) is 0 Å². The summed E-state index contributed by atoms with van der Waals surface area (Å²) in [6.07, 6.45) is 9.37. The first-order chi connectivity index (χ1) is 7.34. The molecule has 1 saturated carbocycles. The number of nitrogens with one attached hydrogen (secondary N) is 1. The predicted octanol–water partition coefficient (Wildman–Crippen LogP) is 2.72. The van der Waals surface area contributed by atoms with Gasteiger partial charge >= 0.3 is 0 Å². The molecule has 1 N–H and O–H groups in total. The Balaban J connectivity index is 1.70. The van der Waals surface area contributed by atoms with Gasteiger partial charge in [-0.05, 0) is 50.9 Å². The second-order valence-electron chi connectivity index (χ2n) is 5.36. The molecular weight excluding hydrogens is 186 g/mol. The van der Waals surface area contributed by atoms with Crippen LogP contribution in [0.5, 0.6) is 0 Å². The molecule has 2 nitrogen and oxygen atoms in total. The van der Waals surface area contributed by atoms with Gasteiger partial charge in [0.1, 0.15) is 0 Å². The number of hydrogen-bond acceptors (Lipinski definition) is 2. The van der Waals surface area contributed by atoms with Crippen molar-refractivity contribution in [2.24, 2.45) is 5.92 Å². The quantitative estimate of drug-likeness (QED) is 0.758. The fraction of sp³-hybridized carbons (Fsp3) is 1.00. The molecule has 2 aliphatic rings. The second-order valence-corrected chi connectivity index (χ2v) is 5.36. The molecule has 0 aromatic carbocycles. The fourth-order valence-corrected chi connectivity index (χ4v) is 2.83. The van der Waals surface area contributed by atoms with E-state index in [2.05, 4.69) is 12.2 Å². The fourth-order valence-electron chi connectivity index (χ4n) is 2.83. The van der Waals surface area contributed by atoms with E-state index in [1.807, 2.05) is 0 Å². The first kappa shape index (κ1) is 11.4. The van der Waals surface area contributed by atoms with Crippen LogP contribution in [0.1, 0.15) is 51.9 Å². The molecule has 88 valence electrons. The average molecular weight is 211 g/mol. The molecule has 0 aromatic heterocycles. The van der Waals surface area contributed by atoms with Gasteiger partial charge < -0.3 is 10.1 Å². The van der Waals surface area contributed by atoms with Crippen LogP contribution in [-0.2, 0) is 4.74 Å². The monoisotopic (exact) mass is 211 g/mol. The Morgan fingerprint density at radius 3 is 2.40 bits per heavy atom. The third-order valence-electron chi connectivity index (χ3n) is 3.94. The van der Waals surface area contributed by atoms with Gasteiger partial charge in [-0.3, -0.25) is 0 Å². The molecule has 1 unspecified atom stereocenters. The van der Waals surface area contributed by atoms with Crippen LogP contribution in [0.15, 0.2) is 0 Å². The maximum atomic E-state index is 5.49. The lowest BCUT2D eigenvalue weighted by Crippen LogP contribution is -2.40. The van der Waals surface area contributed by atoms with Crippen molar-refractivity contribution in [2.75, 3.05) is 13.2 Å². The highest BCUT2D eigenvalue weighted by Gasteiger charge is 2.21. The molecule has 2 fully saturated rings. The lowest BCUT2D eigenvalue weighted by molar-refractivity contribution is 0.141. The van der Waals surface area contributed by atoms with E-state index < -0.39 is 0 Å². The van der Waals surface area contributed by atoms with Crippen molar-refractivity contribution in [3.63, 3.8) is 0 Å². The zero-order chi connectivity index (χ0) is 10.5. The van der Waals surface area contributed by atoms with Crippen molar-refractivity contribution in [1.82, 2.24) is 5.32 Å². The third-order valence-corrected chi connectivity index (χ3v) is 3.94. The highest BCUT2D eigenvalue weighted by atomic mass is 16.5. The minimum absolute atomic E-state index is 0.728. The van der Waals surface area contributed by atoms with E-state index in [1.54, 1.807) is 0 Å². The highest BCUT2D eigenvalue weighted by molar-refractivity contribution is 4.80. The standard InChI is InChI=1S/C13H25NO/c1-11-4-6-13(7-5-11)14-12-3-2-9-15-10-8-12/h11-14H,2-10H2,1H3. The van der Waals surface area contributed by atoms with Gasteiger partial charge in [-0.1, -0.05) is 6.92 Å². The van der Waals surface area contributed by atoms with Crippen molar-refractivity contribution < 1.29 is 4.74 Å². The Labute approximate surface area is 93.8 Å². The largest absolute Gasteiger partial charge is 0.381 e. The second kappa shape index (κ2) is 5.86.